The van der Waals surface area contributed by atoms with Gasteiger partial charge in [0.2, 0.25) is 0 Å². The van der Waals surface area contributed by atoms with Gasteiger partial charge in [0, 0.05) is 23.6 Å². The first-order chi connectivity index (χ1) is 9.95. The van der Waals surface area contributed by atoms with E-state index in [-0.39, 0.29) is 12.6 Å². The number of nitrogens with zero attached hydrogens (tertiary/aromatic N) is 1. The van der Waals surface area contributed by atoms with Gasteiger partial charge in [-0.3, -0.25) is 0 Å². The summed E-state index contributed by atoms with van der Waals surface area (Å²) in [6.45, 7) is 2.76. The number of hydrogen-bond donors (Lipinski definition) is 1. The van der Waals surface area contributed by atoms with Gasteiger partial charge in [-0.1, -0.05) is 0 Å². The third-order valence-electron chi connectivity index (χ3n) is 3.14. The summed E-state index contributed by atoms with van der Waals surface area (Å²) in [7, 11) is -3.52. The zero-order chi connectivity index (χ0) is 15.5. The molecule has 1 atom stereocenters. The number of halogens is 1. The van der Waals surface area contributed by atoms with E-state index < -0.39 is 16.1 Å². The van der Waals surface area contributed by atoms with Crippen LogP contribution >= 0.6 is 27.3 Å². The predicted octanol–water partition coefficient (Wildman–Crippen LogP) is 2.41. The summed E-state index contributed by atoms with van der Waals surface area (Å²) in [6.07, 6.45) is 0.953. The first-order valence-electron chi connectivity index (χ1n) is 6.61. The number of alkyl carbamates (subject to hydrolysis) is 1. The van der Waals surface area contributed by atoms with E-state index in [1.807, 2.05) is 0 Å². The van der Waals surface area contributed by atoms with E-state index in [0.29, 0.717) is 28.3 Å². The van der Waals surface area contributed by atoms with Crippen molar-refractivity contribution in [2.75, 3.05) is 19.7 Å². The van der Waals surface area contributed by atoms with E-state index in [4.69, 9.17) is 4.74 Å². The van der Waals surface area contributed by atoms with E-state index in [0.717, 1.165) is 6.42 Å². The Morgan fingerprint density at radius 2 is 2.38 bits per heavy atom. The maximum atomic E-state index is 12.6. The molecule has 1 unspecified atom stereocenters. The Balaban J connectivity index is 2.07. The molecule has 21 heavy (non-hydrogen) atoms. The van der Waals surface area contributed by atoms with Crippen LogP contribution in [0, 0.1) is 0 Å². The van der Waals surface area contributed by atoms with E-state index in [1.54, 1.807) is 18.4 Å². The smallest absolute Gasteiger partial charge is 0.407 e. The van der Waals surface area contributed by atoms with Crippen molar-refractivity contribution in [1.82, 2.24) is 9.62 Å². The van der Waals surface area contributed by atoms with E-state index >= 15 is 0 Å². The second-order valence-electron chi connectivity index (χ2n) is 4.62. The third-order valence-corrected chi connectivity index (χ3v) is 7.65. The van der Waals surface area contributed by atoms with Crippen molar-refractivity contribution >= 4 is 43.4 Å². The van der Waals surface area contributed by atoms with Crippen molar-refractivity contribution < 1.29 is 17.9 Å². The number of nitrogens with one attached hydrogen (secondary N) is 1. The lowest BCUT2D eigenvalue weighted by Crippen LogP contribution is -2.49. The van der Waals surface area contributed by atoms with Crippen molar-refractivity contribution in [2.24, 2.45) is 0 Å². The van der Waals surface area contributed by atoms with Crippen molar-refractivity contribution in [1.29, 1.82) is 0 Å². The topological polar surface area (TPSA) is 75.7 Å². The molecule has 1 aliphatic heterocycles. The lowest BCUT2D eigenvalue weighted by Gasteiger charge is -2.31. The lowest BCUT2D eigenvalue weighted by atomic mass is 10.1. The molecule has 0 aliphatic carbocycles. The van der Waals surface area contributed by atoms with Gasteiger partial charge in [-0.15, -0.1) is 11.3 Å². The lowest BCUT2D eigenvalue weighted by molar-refractivity contribution is 0.142. The summed E-state index contributed by atoms with van der Waals surface area (Å²) in [6, 6.07) is 1.50. The van der Waals surface area contributed by atoms with E-state index in [1.165, 1.54) is 15.6 Å². The molecule has 1 saturated heterocycles. The van der Waals surface area contributed by atoms with E-state index in [2.05, 4.69) is 21.2 Å². The highest BCUT2D eigenvalue weighted by molar-refractivity contribution is 9.10. The quantitative estimate of drug-likeness (QED) is 0.847. The van der Waals surface area contributed by atoms with Gasteiger partial charge in [0.1, 0.15) is 4.21 Å². The molecule has 1 aliphatic rings. The van der Waals surface area contributed by atoms with Crippen molar-refractivity contribution in [3.05, 3.63) is 15.9 Å². The fourth-order valence-corrected chi connectivity index (χ4v) is 6.17. The predicted molar refractivity (Wildman–Crippen MR) is 84.0 cm³/mol. The van der Waals surface area contributed by atoms with Gasteiger partial charge in [0.05, 0.1) is 6.61 Å². The van der Waals surface area contributed by atoms with Crippen LogP contribution in [-0.4, -0.2) is 44.6 Å². The first kappa shape index (κ1) is 16.7. The normalized spacial score (nSPS) is 20.2. The molecule has 0 aromatic carbocycles. The van der Waals surface area contributed by atoms with Crippen LogP contribution < -0.4 is 5.32 Å². The van der Waals surface area contributed by atoms with Crippen LogP contribution in [0.2, 0.25) is 0 Å². The Hall–Kier alpha value is -0.640. The number of sulfonamides is 1. The van der Waals surface area contributed by atoms with Crippen LogP contribution in [-0.2, 0) is 14.8 Å². The van der Waals surface area contributed by atoms with Crippen molar-refractivity contribution in [2.45, 2.75) is 30.0 Å². The monoisotopic (exact) mass is 396 g/mol. The average Bonchev–Trinajstić information content (AvgIpc) is 2.86. The SMILES string of the molecule is CCOC(=O)NC1CCCN(S(=O)(=O)c2sccc2Br)C1. The second kappa shape index (κ2) is 7.08. The number of carbonyl (C=O) groups is 1. The number of piperidine rings is 1. The number of thiophene rings is 1. The number of amides is 1. The summed E-state index contributed by atoms with van der Waals surface area (Å²) in [5.41, 5.74) is 0. The van der Waals surface area contributed by atoms with Gasteiger partial charge in [0.25, 0.3) is 10.0 Å². The van der Waals surface area contributed by atoms with Gasteiger partial charge in [-0.05, 0) is 47.1 Å². The van der Waals surface area contributed by atoms with E-state index in [9.17, 15) is 13.2 Å². The largest absolute Gasteiger partial charge is 0.450 e. The summed E-state index contributed by atoms with van der Waals surface area (Å²) < 4.78 is 32.3. The molecule has 9 heteroatoms. The standard InChI is InChI=1S/C12H17BrN2O4S2/c1-2-19-12(16)14-9-4-3-6-15(8-9)21(17,18)11-10(13)5-7-20-11/h5,7,9H,2-4,6,8H2,1H3,(H,14,16). The van der Waals surface area contributed by atoms with Crippen LogP contribution in [0.4, 0.5) is 4.79 Å². The molecule has 0 saturated carbocycles. The van der Waals surface area contributed by atoms with Gasteiger partial charge in [-0.2, -0.15) is 4.31 Å². The van der Waals surface area contributed by atoms with Crippen molar-refractivity contribution in [3.63, 3.8) is 0 Å². The molecule has 1 fully saturated rings. The van der Waals surface area contributed by atoms with Crippen LogP contribution in [0.5, 0.6) is 0 Å². The third kappa shape index (κ3) is 3.97. The molecular weight excluding hydrogens is 380 g/mol. The molecule has 1 aromatic rings. The highest BCUT2D eigenvalue weighted by Crippen LogP contribution is 2.31. The van der Waals surface area contributed by atoms with Gasteiger partial charge in [0.15, 0.2) is 0 Å². The summed E-state index contributed by atoms with van der Waals surface area (Å²) in [5, 5.41) is 4.44. The fourth-order valence-electron chi connectivity index (χ4n) is 2.20. The minimum absolute atomic E-state index is 0.216. The number of carbonyl (C=O) groups excluding carboxylic acids is 1. The van der Waals surface area contributed by atoms with Gasteiger partial charge < -0.3 is 10.1 Å². The van der Waals surface area contributed by atoms with Crippen molar-refractivity contribution in [3.8, 4) is 0 Å². The number of ether oxygens (including phenoxy) is 1. The first-order valence-corrected chi connectivity index (χ1v) is 9.73. The Morgan fingerprint density at radius 3 is 3.00 bits per heavy atom. The molecule has 2 rings (SSSR count). The van der Waals surface area contributed by atoms with Crippen LogP contribution in [0.1, 0.15) is 19.8 Å². The van der Waals surface area contributed by atoms with Crippen LogP contribution in [0.15, 0.2) is 20.1 Å². The summed E-state index contributed by atoms with van der Waals surface area (Å²) >= 11 is 4.44. The number of rotatable bonds is 4. The molecule has 118 valence electrons. The number of hydrogen-bond acceptors (Lipinski definition) is 5. The Labute approximate surface area is 136 Å². The van der Waals surface area contributed by atoms with Gasteiger partial charge >= 0.3 is 6.09 Å². The molecule has 0 bridgehead atoms. The molecule has 1 N–H and O–H groups in total. The van der Waals surface area contributed by atoms with Crippen LogP contribution in [0.25, 0.3) is 0 Å². The minimum Gasteiger partial charge on any atom is -0.450 e. The van der Waals surface area contributed by atoms with Crippen LogP contribution in [0.3, 0.4) is 0 Å². The summed E-state index contributed by atoms with van der Waals surface area (Å²) in [4.78, 5) is 11.4. The molecule has 0 radical (unpaired) electrons. The molecule has 1 amide bonds. The Morgan fingerprint density at radius 1 is 1.62 bits per heavy atom. The molecule has 0 spiro atoms. The average molecular weight is 397 g/mol. The Bertz CT molecular complexity index is 602. The molecule has 6 nitrogen and oxygen atoms in total. The zero-order valence-electron chi connectivity index (χ0n) is 11.5. The Kier molecular flexibility index (Phi) is 5.64. The second-order valence-corrected chi connectivity index (χ2v) is 8.53. The highest BCUT2D eigenvalue weighted by Gasteiger charge is 2.32. The zero-order valence-corrected chi connectivity index (χ0v) is 14.8. The molecular formula is C12H17BrN2O4S2. The maximum absolute atomic E-state index is 12.6. The summed E-state index contributed by atoms with van der Waals surface area (Å²) in [5.74, 6) is 0. The van der Waals surface area contributed by atoms with Gasteiger partial charge in [-0.25, -0.2) is 13.2 Å². The minimum atomic E-state index is -3.52. The highest BCUT2D eigenvalue weighted by atomic mass is 79.9. The fraction of sp³-hybridized carbons (Fsp3) is 0.583. The maximum Gasteiger partial charge on any atom is 0.407 e. The molecule has 1 aromatic heterocycles. The molecule has 2 heterocycles.